The van der Waals surface area contributed by atoms with Gasteiger partial charge in [0.25, 0.3) is 0 Å². The highest BCUT2D eigenvalue weighted by Gasteiger charge is 2.13. The average Bonchev–Trinajstić information content (AvgIpc) is 3.01. The molecule has 1 aromatic carbocycles. The summed E-state index contributed by atoms with van der Waals surface area (Å²) < 4.78 is 10.6. The highest BCUT2D eigenvalue weighted by Crippen LogP contribution is 2.32. The maximum atomic E-state index is 5.85. The largest absolute Gasteiger partial charge is 0.454 e. The predicted octanol–water partition coefficient (Wildman–Crippen LogP) is 0.535. The van der Waals surface area contributed by atoms with E-state index in [2.05, 4.69) is 15.4 Å². The van der Waals surface area contributed by atoms with Gasteiger partial charge < -0.3 is 20.9 Å². The standard InChI is InChI=1S/C15H22N6O2/c16-14(19-15(17)20-21-6-2-1-3-7-21)18-9-11-4-5-12-13(8-11)23-10-22-12/h4-5,8H,1-3,6-7,9-10H2,(H5,16,17,18,19,20). The summed E-state index contributed by atoms with van der Waals surface area (Å²) in [5.74, 6) is 1.88. The van der Waals surface area contributed by atoms with Gasteiger partial charge in [-0.15, -0.1) is 0 Å². The van der Waals surface area contributed by atoms with Crippen molar-refractivity contribution in [3.05, 3.63) is 23.8 Å². The molecule has 2 aliphatic rings. The Bertz CT molecular complexity index is 610. The van der Waals surface area contributed by atoms with E-state index in [-0.39, 0.29) is 18.7 Å². The molecule has 8 heteroatoms. The fraction of sp³-hybridized carbons (Fsp3) is 0.467. The first-order chi connectivity index (χ1) is 11.2. The number of aliphatic imine (C=N–C) groups is 2. The lowest BCUT2D eigenvalue weighted by molar-refractivity contribution is 0.174. The Kier molecular flexibility index (Phi) is 4.82. The van der Waals surface area contributed by atoms with E-state index in [0.717, 1.165) is 43.0 Å². The summed E-state index contributed by atoms with van der Waals surface area (Å²) in [6, 6.07) is 5.67. The number of hydrazine groups is 1. The second-order valence-corrected chi connectivity index (χ2v) is 5.52. The quantitative estimate of drug-likeness (QED) is 0.554. The van der Waals surface area contributed by atoms with Crippen LogP contribution in [0.2, 0.25) is 0 Å². The van der Waals surface area contributed by atoms with E-state index >= 15 is 0 Å². The first-order valence-electron chi connectivity index (χ1n) is 7.75. The summed E-state index contributed by atoms with van der Waals surface area (Å²) in [5.41, 5.74) is 15.7. The molecule has 0 aliphatic carbocycles. The molecule has 0 bridgehead atoms. The topological polar surface area (TPSA) is 110 Å². The fourth-order valence-corrected chi connectivity index (χ4v) is 2.56. The number of ether oxygens (including phenoxy) is 2. The Hall–Kier alpha value is -2.48. The second-order valence-electron chi connectivity index (χ2n) is 5.52. The Morgan fingerprint density at radius 3 is 2.74 bits per heavy atom. The SMILES string of the molecule is NC(=NCc1ccc2c(c1)OCO2)N=C(N)NN1CCCCC1. The van der Waals surface area contributed by atoms with Crippen LogP contribution in [0, 0.1) is 0 Å². The molecule has 2 aliphatic heterocycles. The van der Waals surface area contributed by atoms with Crippen molar-refractivity contribution in [3.63, 3.8) is 0 Å². The minimum atomic E-state index is 0.143. The summed E-state index contributed by atoms with van der Waals surface area (Å²) in [6.45, 7) is 2.59. The Labute approximate surface area is 135 Å². The van der Waals surface area contributed by atoms with E-state index in [4.69, 9.17) is 20.9 Å². The van der Waals surface area contributed by atoms with Gasteiger partial charge in [0.2, 0.25) is 18.7 Å². The molecule has 1 fully saturated rings. The van der Waals surface area contributed by atoms with Crippen LogP contribution in [0.1, 0.15) is 24.8 Å². The molecule has 0 radical (unpaired) electrons. The van der Waals surface area contributed by atoms with E-state index in [1.54, 1.807) is 0 Å². The molecule has 8 nitrogen and oxygen atoms in total. The van der Waals surface area contributed by atoms with Crippen molar-refractivity contribution in [2.75, 3.05) is 19.9 Å². The number of guanidine groups is 2. The number of nitrogens with two attached hydrogens (primary N) is 2. The molecule has 0 atom stereocenters. The van der Waals surface area contributed by atoms with Crippen LogP contribution >= 0.6 is 0 Å². The molecule has 0 spiro atoms. The molecule has 5 N–H and O–H groups in total. The minimum Gasteiger partial charge on any atom is -0.454 e. The molecule has 1 saturated heterocycles. The van der Waals surface area contributed by atoms with Crippen molar-refractivity contribution in [1.29, 1.82) is 0 Å². The molecule has 0 aromatic heterocycles. The number of fused-ring (bicyclic) bond motifs is 1. The summed E-state index contributed by atoms with van der Waals surface area (Å²) in [5, 5.41) is 2.05. The second kappa shape index (κ2) is 7.19. The molecule has 0 unspecified atom stereocenters. The van der Waals surface area contributed by atoms with Crippen LogP contribution in [-0.4, -0.2) is 36.8 Å². The number of benzene rings is 1. The lowest BCUT2D eigenvalue weighted by atomic mass is 10.2. The zero-order valence-corrected chi connectivity index (χ0v) is 13.0. The van der Waals surface area contributed by atoms with Crippen LogP contribution in [0.15, 0.2) is 28.2 Å². The average molecular weight is 318 g/mol. The number of nitrogens with zero attached hydrogens (tertiary/aromatic N) is 3. The summed E-state index contributed by atoms with van der Waals surface area (Å²) in [6.07, 6.45) is 3.58. The lowest BCUT2D eigenvalue weighted by Gasteiger charge is -2.27. The monoisotopic (exact) mass is 318 g/mol. The van der Waals surface area contributed by atoms with Crippen molar-refractivity contribution in [2.45, 2.75) is 25.8 Å². The third-order valence-corrected chi connectivity index (χ3v) is 3.72. The van der Waals surface area contributed by atoms with Crippen LogP contribution in [0.3, 0.4) is 0 Å². The number of nitrogens with one attached hydrogen (secondary N) is 1. The summed E-state index contributed by atoms with van der Waals surface area (Å²) in [4.78, 5) is 8.30. The highest BCUT2D eigenvalue weighted by atomic mass is 16.7. The van der Waals surface area contributed by atoms with E-state index in [9.17, 15) is 0 Å². The molecule has 23 heavy (non-hydrogen) atoms. The van der Waals surface area contributed by atoms with Crippen LogP contribution in [0.25, 0.3) is 0 Å². The summed E-state index contributed by atoms with van der Waals surface area (Å²) >= 11 is 0. The maximum absolute atomic E-state index is 5.85. The predicted molar refractivity (Wildman–Crippen MR) is 88.1 cm³/mol. The third kappa shape index (κ3) is 4.26. The highest BCUT2D eigenvalue weighted by molar-refractivity contribution is 5.93. The van der Waals surface area contributed by atoms with Gasteiger partial charge in [0, 0.05) is 13.1 Å². The van der Waals surface area contributed by atoms with Gasteiger partial charge in [-0.3, -0.25) is 5.43 Å². The van der Waals surface area contributed by atoms with Crippen molar-refractivity contribution in [1.82, 2.24) is 10.4 Å². The van der Waals surface area contributed by atoms with Crippen molar-refractivity contribution in [3.8, 4) is 11.5 Å². The van der Waals surface area contributed by atoms with E-state index in [1.807, 2.05) is 23.2 Å². The molecule has 0 amide bonds. The minimum absolute atomic E-state index is 0.143. The normalized spacial score (nSPS) is 19.0. The smallest absolute Gasteiger partial charge is 0.231 e. The van der Waals surface area contributed by atoms with Crippen LogP contribution in [-0.2, 0) is 6.54 Å². The number of hydrogen-bond acceptors (Lipinski definition) is 4. The molecular weight excluding hydrogens is 296 g/mol. The van der Waals surface area contributed by atoms with Gasteiger partial charge in [-0.1, -0.05) is 12.5 Å². The lowest BCUT2D eigenvalue weighted by Crippen LogP contribution is -2.48. The van der Waals surface area contributed by atoms with Crippen molar-refractivity contribution >= 4 is 11.9 Å². The van der Waals surface area contributed by atoms with E-state index < -0.39 is 0 Å². The number of piperidine rings is 1. The molecule has 1 aromatic rings. The van der Waals surface area contributed by atoms with Gasteiger partial charge in [0.05, 0.1) is 6.54 Å². The van der Waals surface area contributed by atoms with E-state index in [0.29, 0.717) is 6.54 Å². The Morgan fingerprint density at radius 2 is 1.91 bits per heavy atom. The van der Waals surface area contributed by atoms with Gasteiger partial charge in [-0.25, -0.2) is 10.0 Å². The summed E-state index contributed by atoms with van der Waals surface area (Å²) in [7, 11) is 0. The molecule has 0 saturated carbocycles. The van der Waals surface area contributed by atoms with Crippen LogP contribution < -0.4 is 26.4 Å². The van der Waals surface area contributed by atoms with Crippen molar-refractivity contribution in [2.24, 2.45) is 21.5 Å². The first kappa shape index (κ1) is 15.4. The molecular formula is C15H22N6O2. The third-order valence-electron chi connectivity index (χ3n) is 3.72. The number of rotatable bonds is 3. The van der Waals surface area contributed by atoms with Crippen LogP contribution in [0.5, 0.6) is 11.5 Å². The zero-order valence-electron chi connectivity index (χ0n) is 13.0. The molecule has 3 rings (SSSR count). The molecule has 2 heterocycles. The van der Waals surface area contributed by atoms with Crippen molar-refractivity contribution < 1.29 is 9.47 Å². The van der Waals surface area contributed by atoms with Gasteiger partial charge in [-0.05, 0) is 30.5 Å². The van der Waals surface area contributed by atoms with Crippen LogP contribution in [0.4, 0.5) is 0 Å². The van der Waals surface area contributed by atoms with Gasteiger partial charge in [-0.2, -0.15) is 4.99 Å². The maximum Gasteiger partial charge on any atom is 0.231 e. The van der Waals surface area contributed by atoms with Gasteiger partial charge in [0.1, 0.15) is 0 Å². The van der Waals surface area contributed by atoms with Gasteiger partial charge in [0.15, 0.2) is 11.5 Å². The number of hydrogen-bond donors (Lipinski definition) is 3. The molecule has 124 valence electrons. The Balaban J connectivity index is 1.55. The fourth-order valence-electron chi connectivity index (χ4n) is 2.56. The van der Waals surface area contributed by atoms with E-state index in [1.165, 1.54) is 6.42 Å². The Morgan fingerprint density at radius 1 is 1.13 bits per heavy atom. The first-order valence-corrected chi connectivity index (χ1v) is 7.75. The van der Waals surface area contributed by atoms with Gasteiger partial charge >= 0.3 is 0 Å². The zero-order chi connectivity index (χ0) is 16.1.